The molecule has 0 radical (unpaired) electrons. The highest BCUT2D eigenvalue weighted by Crippen LogP contribution is 2.36. The SMILES string of the molecule is CCOC(=S)Sc1c2c(n(C)c1C)C(=O)C=C(OC)C2=O. The van der Waals surface area contributed by atoms with Gasteiger partial charge in [-0.05, 0) is 37.8 Å². The summed E-state index contributed by atoms with van der Waals surface area (Å²) >= 11 is 6.31. The Balaban J connectivity index is 2.56. The minimum Gasteiger partial charge on any atom is -0.492 e. The number of carbonyl (C=O) groups excluding carboxylic acids is 2. The number of Topliss-reactive ketones (excluding diaryl/α,β-unsaturated/α-hetero) is 1. The maximum Gasteiger partial charge on any atom is 0.231 e. The molecule has 7 heteroatoms. The second-order valence-corrected chi connectivity index (χ2v) is 6.00. The number of ether oxygens (including phenoxy) is 2. The monoisotopic (exact) mass is 325 g/mol. The van der Waals surface area contributed by atoms with Crippen molar-refractivity contribution in [3.63, 3.8) is 0 Å². The van der Waals surface area contributed by atoms with Crippen molar-refractivity contribution in [1.29, 1.82) is 0 Å². The van der Waals surface area contributed by atoms with E-state index in [0.29, 0.717) is 27.1 Å². The Morgan fingerprint density at radius 1 is 1.43 bits per heavy atom. The summed E-state index contributed by atoms with van der Waals surface area (Å²) in [5.41, 5.74) is 1.49. The van der Waals surface area contributed by atoms with Gasteiger partial charge in [0.05, 0.1) is 19.3 Å². The molecule has 0 saturated heterocycles. The Bertz CT molecular complexity index is 673. The highest BCUT2D eigenvalue weighted by atomic mass is 32.2. The van der Waals surface area contributed by atoms with Gasteiger partial charge in [0.15, 0.2) is 5.76 Å². The van der Waals surface area contributed by atoms with Gasteiger partial charge in [-0.15, -0.1) is 0 Å². The summed E-state index contributed by atoms with van der Waals surface area (Å²) in [4.78, 5) is 25.3. The summed E-state index contributed by atoms with van der Waals surface area (Å²) in [6.45, 7) is 4.12. The summed E-state index contributed by atoms with van der Waals surface area (Å²) in [5.74, 6) is -0.513. The number of aromatic nitrogens is 1. The Hall–Kier alpha value is -1.60. The number of ketones is 2. The number of hydrogen-bond acceptors (Lipinski definition) is 6. The van der Waals surface area contributed by atoms with Crippen LogP contribution in [0.2, 0.25) is 0 Å². The molecule has 0 spiro atoms. The Morgan fingerprint density at radius 2 is 2.10 bits per heavy atom. The minimum atomic E-state index is -0.308. The molecule has 2 rings (SSSR count). The number of thioether (sulfide) groups is 1. The van der Waals surface area contributed by atoms with E-state index in [2.05, 4.69) is 0 Å². The summed E-state index contributed by atoms with van der Waals surface area (Å²) < 4.78 is 12.3. The number of nitrogens with zero attached hydrogens (tertiary/aromatic N) is 1. The number of hydrogen-bond donors (Lipinski definition) is 0. The van der Waals surface area contributed by atoms with Crippen molar-refractivity contribution in [2.24, 2.45) is 7.05 Å². The minimum absolute atomic E-state index is 0.0438. The van der Waals surface area contributed by atoms with Crippen LogP contribution in [0.25, 0.3) is 0 Å². The van der Waals surface area contributed by atoms with Crippen molar-refractivity contribution in [3.8, 4) is 0 Å². The van der Waals surface area contributed by atoms with E-state index >= 15 is 0 Å². The molecule has 0 bridgehead atoms. The molecule has 0 N–H and O–H groups in total. The molecule has 21 heavy (non-hydrogen) atoms. The van der Waals surface area contributed by atoms with E-state index in [1.165, 1.54) is 24.9 Å². The van der Waals surface area contributed by atoms with Gasteiger partial charge in [0.25, 0.3) is 0 Å². The Kier molecular flexibility index (Phi) is 4.53. The molecule has 0 aromatic carbocycles. The van der Waals surface area contributed by atoms with Crippen LogP contribution in [0.15, 0.2) is 16.7 Å². The number of carbonyl (C=O) groups is 2. The molecule has 0 fully saturated rings. The van der Waals surface area contributed by atoms with Crippen LogP contribution in [0, 0.1) is 6.92 Å². The quantitative estimate of drug-likeness (QED) is 0.629. The molecule has 112 valence electrons. The van der Waals surface area contributed by atoms with Crippen LogP contribution >= 0.6 is 24.0 Å². The number of thiocarbonyl (C=S) groups is 1. The molecule has 0 atom stereocenters. The van der Waals surface area contributed by atoms with Gasteiger partial charge in [-0.1, -0.05) is 0 Å². The van der Waals surface area contributed by atoms with E-state index in [4.69, 9.17) is 21.7 Å². The standard InChI is InChI=1S/C14H15NO4S2/c1-5-19-14(20)21-13-7(2)15(3)11-8(16)6-9(18-4)12(17)10(11)13/h6H,5H2,1-4H3. The zero-order valence-electron chi connectivity index (χ0n) is 12.2. The lowest BCUT2D eigenvalue weighted by Crippen LogP contribution is -2.19. The largest absolute Gasteiger partial charge is 0.492 e. The molecule has 1 aliphatic carbocycles. The number of allylic oxidation sites excluding steroid dienone is 2. The van der Waals surface area contributed by atoms with E-state index in [9.17, 15) is 9.59 Å². The van der Waals surface area contributed by atoms with Crippen LogP contribution < -0.4 is 0 Å². The highest BCUT2D eigenvalue weighted by Gasteiger charge is 2.34. The number of fused-ring (bicyclic) bond motifs is 1. The van der Waals surface area contributed by atoms with Crippen molar-refractivity contribution in [3.05, 3.63) is 28.8 Å². The van der Waals surface area contributed by atoms with Gasteiger partial charge in [0.2, 0.25) is 15.9 Å². The normalized spacial score (nSPS) is 13.8. The van der Waals surface area contributed by atoms with Gasteiger partial charge in [0.1, 0.15) is 5.69 Å². The lowest BCUT2D eigenvalue weighted by atomic mass is 10.0. The average molecular weight is 325 g/mol. The number of rotatable bonds is 3. The fraction of sp³-hybridized carbons (Fsp3) is 0.357. The van der Waals surface area contributed by atoms with Crippen LogP contribution in [0.1, 0.15) is 33.5 Å². The van der Waals surface area contributed by atoms with E-state index in [1.54, 1.807) is 11.6 Å². The van der Waals surface area contributed by atoms with Gasteiger partial charge < -0.3 is 14.0 Å². The van der Waals surface area contributed by atoms with Crippen LogP contribution in [0.3, 0.4) is 0 Å². The lowest BCUT2D eigenvalue weighted by molar-refractivity contribution is 0.0911. The summed E-state index contributed by atoms with van der Waals surface area (Å²) in [6, 6.07) is 0. The van der Waals surface area contributed by atoms with Crippen molar-refractivity contribution in [1.82, 2.24) is 4.57 Å². The summed E-state index contributed by atoms with van der Waals surface area (Å²) in [6.07, 6.45) is 1.22. The third-order valence-electron chi connectivity index (χ3n) is 3.24. The van der Waals surface area contributed by atoms with Crippen molar-refractivity contribution >= 4 is 39.9 Å². The third-order valence-corrected chi connectivity index (χ3v) is 4.60. The molecule has 1 aromatic heterocycles. The predicted octanol–water partition coefficient (Wildman–Crippen LogP) is 2.66. The Labute approximate surface area is 132 Å². The maximum atomic E-state index is 12.5. The zero-order valence-corrected chi connectivity index (χ0v) is 13.8. The maximum absolute atomic E-state index is 12.5. The molecular weight excluding hydrogens is 310 g/mol. The van der Waals surface area contributed by atoms with E-state index in [-0.39, 0.29) is 17.3 Å². The molecule has 0 aliphatic heterocycles. The molecule has 5 nitrogen and oxygen atoms in total. The van der Waals surface area contributed by atoms with Crippen LogP contribution in [-0.2, 0) is 16.5 Å². The first-order valence-electron chi connectivity index (χ1n) is 6.30. The topological polar surface area (TPSA) is 57.5 Å². The third kappa shape index (κ3) is 2.63. The fourth-order valence-electron chi connectivity index (χ4n) is 2.16. The summed E-state index contributed by atoms with van der Waals surface area (Å²) in [5, 5.41) is 0. The molecular formula is C14H15NO4S2. The van der Waals surface area contributed by atoms with Gasteiger partial charge in [-0.25, -0.2) is 0 Å². The van der Waals surface area contributed by atoms with E-state index < -0.39 is 0 Å². The Morgan fingerprint density at radius 3 is 2.67 bits per heavy atom. The van der Waals surface area contributed by atoms with Crippen LogP contribution in [0.5, 0.6) is 0 Å². The van der Waals surface area contributed by atoms with Crippen LogP contribution in [0.4, 0.5) is 0 Å². The first kappa shape index (κ1) is 15.8. The summed E-state index contributed by atoms with van der Waals surface area (Å²) in [7, 11) is 3.12. The zero-order chi connectivity index (χ0) is 15.7. The van der Waals surface area contributed by atoms with E-state index in [0.717, 1.165) is 5.69 Å². The number of methoxy groups -OCH3 is 1. The predicted molar refractivity (Wildman–Crippen MR) is 84.0 cm³/mol. The van der Waals surface area contributed by atoms with E-state index in [1.807, 2.05) is 13.8 Å². The van der Waals surface area contributed by atoms with Crippen molar-refractivity contribution in [2.45, 2.75) is 18.7 Å². The molecule has 1 heterocycles. The van der Waals surface area contributed by atoms with Crippen molar-refractivity contribution in [2.75, 3.05) is 13.7 Å². The molecule has 1 aliphatic rings. The van der Waals surface area contributed by atoms with Gasteiger partial charge in [-0.3, -0.25) is 9.59 Å². The molecule has 0 saturated carbocycles. The second-order valence-electron chi connectivity index (χ2n) is 4.39. The average Bonchev–Trinajstić information content (AvgIpc) is 2.68. The fourth-order valence-corrected chi connectivity index (χ4v) is 3.45. The highest BCUT2D eigenvalue weighted by molar-refractivity contribution is 8.22. The van der Waals surface area contributed by atoms with Gasteiger partial charge in [0, 0.05) is 23.7 Å². The molecule has 0 amide bonds. The molecule has 1 aromatic rings. The first-order chi connectivity index (χ1) is 9.92. The molecule has 0 unspecified atom stereocenters. The lowest BCUT2D eigenvalue weighted by Gasteiger charge is -2.13. The van der Waals surface area contributed by atoms with Crippen molar-refractivity contribution < 1.29 is 19.1 Å². The smallest absolute Gasteiger partial charge is 0.231 e. The second kappa shape index (κ2) is 6.03. The van der Waals surface area contributed by atoms with Gasteiger partial charge in [-0.2, -0.15) is 0 Å². The van der Waals surface area contributed by atoms with Crippen LogP contribution in [-0.4, -0.2) is 34.2 Å². The van der Waals surface area contributed by atoms with Gasteiger partial charge >= 0.3 is 0 Å². The first-order valence-corrected chi connectivity index (χ1v) is 7.53.